The van der Waals surface area contributed by atoms with Crippen LogP contribution in [0.2, 0.25) is 0 Å². The van der Waals surface area contributed by atoms with Gasteiger partial charge in [-0.25, -0.2) is 21.9 Å². The minimum absolute atomic E-state index is 0.365. The molecule has 1 atom stereocenters. The molecule has 0 radical (unpaired) electrons. The monoisotopic (exact) mass is 296 g/mol. The van der Waals surface area contributed by atoms with Crippen LogP contribution in [0.4, 0.5) is 14.5 Å². The van der Waals surface area contributed by atoms with Crippen molar-refractivity contribution in [2.24, 2.45) is 0 Å². The molecule has 0 saturated heterocycles. The number of hydrogen-bond acceptors (Lipinski definition) is 4. The largest absolute Gasteiger partial charge is 0.396 e. The van der Waals surface area contributed by atoms with Gasteiger partial charge in [-0.15, -0.1) is 0 Å². The molecule has 0 aliphatic rings. The van der Waals surface area contributed by atoms with E-state index in [0.29, 0.717) is 11.8 Å². The van der Waals surface area contributed by atoms with Gasteiger partial charge in [-0.1, -0.05) is 0 Å². The fraction of sp³-hybridized carbons (Fsp3) is 0.400. The van der Waals surface area contributed by atoms with Crippen LogP contribution in [0.5, 0.6) is 0 Å². The minimum Gasteiger partial charge on any atom is -0.396 e. The highest BCUT2D eigenvalue weighted by atomic mass is 32.2. The molecule has 1 unspecified atom stereocenters. The Morgan fingerprint density at radius 3 is 2.56 bits per heavy atom. The van der Waals surface area contributed by atoms with E-state index in [1.165, 1.54) is 11.8 Å². The maximum Gasteiger partial charge on any atom is 0.243 e. The van der Waals surface area contributed by atoms with Crippen LogP contribution in [-0.2, 0) is 10.0 Å². The first kappa shape index (κ1) is 15.2. The Labute approximate surface area is 109 Å². The van der Waals surface area contributed by atoms with Crippen LogP contribution in [0.1, 0.15) is 6.92 Å². The van der Waals surface area contributed by atoms with Crippen molar-refractivity contribution >= 4 is 27.5 Å². The second kappa shape index (κ2) is 5.85. The van der Waals surface area contributed by atoms with Crippen LogP contribution in [0, 0.1) is 11.6 Å². The first-order valence-corrected chi connectivity index (χ1v) is 7.91. The van der Waals surface area contributed by atoms with Gasteiger partial charge in [0.15, 0.2) is 0 Å². The number of sulfonamides is 1. The number of thioether (sulfide) groups is 1. The fourth-order valence-corrected chi connectivity index (χ4v) is 3.39. The SMILES string of the molecule is CSCC(C)NS(=O)(=O)c1cc(N)c(F)cc1F. The van der Waals surface area contributed by atoms with Crippen molar-refractivity contribution in [1.29, 1.82) is 0 Å². The predicted octanol–water partition coefficient (Wildman–Crippen LogP) is 1.58. The number of anilines is 1. The lowest BCUT2D eigenvalue weighted by molar-refractivity contribution is 0.540. The van der Waals surface area contributed by atoms with Gasteiger partial charge in [-0.3, -0.25) is 0 Å². The minimum atomic E-state index is -4.04. The number of nitrogens with two attached hydrogens (primary N) is 1. The summed E-state index contributed by atoms with van der Waals surface area (Å²) in [7, 11) is -4.04. The Kier molecular flexibility index (Phi) is 4.94. The van der Waals surface area contributed by atoms with Crippen LogP contribution < -0.4 is 10.5 Å². The smallest absolute Gasteiger partial charge is 0.243 e. The molecule has 0 fully saturated rings. The molecule has 0 aliphatic heterocycles. The Hall–Kier alpha value is -0.860. The highest BCUT2D eigenvalue weighted by Crippen LogP contribution is 2.21. The van der Waals surface area contributed by atoms with Crippen molar-refractivity contribution in [3.8, 4) is 0 Å². The standard InChI is InChI=1S/C10H14F2N2O2S2/c1-6(5-17-2)14-18(15,16)10-4-9(13)7(11)3-8(10)12/h3-4,6,14H,5,13H2,1-2H3. The molecule has 0 bridgehead atoms. The molecule has 1 aromatic carbocycles. The normalized spacial score (nSPS) is 13.6. The maximum absolute atomic E-state index is 13.4. The zero-order valence-electron chi connectivity index (χ0n) is 9.91. The van der Waals surface area contributed by atoms with E-state index in [1.807, 2.05) is 6.26 Å². The molecule has 3 N–H and O–H groups in total. The zero-order chi connectivity index (χ0) is 13.9. The Bertz CT molecular complexity index is 535. The van der Waals surface area contributed by atoms with E-state index in [9.17, 15) is 17.2 Å². The van der Waals surface area contributed by atoms with E-state index in [-0.39, 0.29) is 6.04 Å². The summed E-state index contributed by atoms with van der Waals surface area (Å²) in [6, 6.07) is 0.873. The predicted molar refractivity (Wildman–Crippen MR) is 68.9 cm³/mol. The summed E-state index contributed by atoms with van der Waals surface area (Å²) in [5.41, 5.74) is 4.83. The molecular weight excluding hydrogens is 282 g/mol. The lowest BCUT2D eigenvalue weighted by Crippen LogP contribution is -2.34. The molecule has 0 amide bonds. The first-order chi connectivity index (χ1) is 8.27. The molecule has 4 nitrogen and oxygen atoms in total. The second-order valence-electron chi connectivity index (χ2n) is 3.78. The van der Waals surface area contributed by atoms with Crippen LogP contribution in [0.3, 0.4) is 0 Å². The van der Waals surface area contributed by atoms with E-state index in [4.69, 9.17) is 5.73 Å². The summed E-state index contributed by atoms with van der Waals surface area (Å²) < 4.78 is 52.4. The van der Waals surface area contributed by atoms with E-state index >= 15 is 0 Å². The van der Waals surface area contributed by atoms with Gasteiger partial charge in [-0.05, 0) is 19.2 Å². The summed E-state index contributed by atoms with van der Waals surface area (Å²) in [6.45, 7) is 1.65. The quantitative estimate of drug-likeness (QED) is 0.809. The first-order valence-electron chi connectivity index (χ1n) is 5.03. The third kappa shape index (κ3) is 3.56. The van der Waals surface area contributed by atoms with Gasteiger partial charge in [0.25, 0.3) is 0 Å². The summed E-state index contributed by atoms with van der Waals surface area (Å²) in [5.74, 6) is -1.61. The molecule has 0 spiro atoms. The molecule has 0 saturated carbocycles. The number of halogens is 2. The number of benzene rings is 1. The average molecular weight is 296 g/mol. The van der Waals surface area contributed by atoms with Gasteiger partial charge in [0, 0.05) is 17.9 Å². The summed E-state index contributed by atoms with van der Waals surface area (Å²) in [6.07, 6.45) is 1.82. The Morgan fingerprint density at radius 1 is 1.39 bits per heavy atom. The molecule has 0 aliphatic carbocycles. The van der Waals surface area contributed by atoms with Crippen molar-refractivity contribution in [3.63, 3.8) is 0 Å². The molecule has 0 heterocycles. The van der Waals surface area contributed by atoms with Gasteiger partial charge in [0.05, 0.1) is 5.69 Å². The van der Waals surface area contributed by atoms with E-state index < -0.39 is 32.2 Å². The molecule has 18 heavy (non-hydrogen) atoms. The van der Waals surface area contributed by atoms with Crippen LogP contribution in [0.25, 0.3) is 0 Å². The zero-order valence-corrected chi connectivity index (χ0v) is 11.5. The number of hydrogen-bond donors (Lipinski definition) is 2. The molecule has 0 aromatic heterocycles. The Balaban J connectivity index is 3.09. The molecular formula is C10H14F2N2O2S2. The van der Waals surface area contributed by atoms with Crippen molar-refractivity contribution in [2.75, 3.05) is 17.7 Å². The fourth-order valence-electron chi connectivity index (χ4n) is 1.36. The molecule has 102 valence electrons. The topological polar surface area (TPSA) is 72.2 Å². The van der Waals surface area contributed by atoms with Crippen molar-refractivity contribution in [1.82, 2.24) is 4.72 Å². The summed E-state index contributed by atoms with van der Waals surface area (Å²) in [5, 5.41) is 0. The number of rotatable bonds is 5. The van der Waals surface area contributed by atoms with Gasteiger partial charge in [0.1, 0.15) is 16.5 Å². The van der Waals surface area contributed by atoms with Crippen LogP contribution >= 0.6 is 11.8 Å². The molecule has 8 heteroatoms. The summed E-state index contributed by atoms with van der Waals surface area (Å²) in [4.78, 5) is -0.644. The Morgan fingerprint density at radius 2 is 2.00 bits per heavy atom. The van der Waals surface area contributed by atoms with Gasteiger partial charge in [-0.2, -0.15) is 11.8 Å². The molecule has 1 aromatic rings. The van der Waals surface area contributed by atoms with Gasteiger partial charge in [0.2, 0.25) is 10.0 Å². The average Bonchev–Trinajstić information content (AvgIpc) is 2.22. The lowest BCUT2D eigenvalue weighted by Gasteiger charge is -2.13. The third-order valence-corrected chi connectivity index (χ3v) is 4.55. The number of nitrogen functional groups attached to an aromatic ring is 1. The van der Waals surface area contributed by atoms with Crippen LogP contribution in [0.15, 0.2) is 17.0 Å². The van der Waals surface area contributed by atoms with E-state index in [2.05, 4.69) is 4.72 Å². The summed E-state index contributed by atoms with van der Waals surface area (Å²) >= 11 is 1.45. The van der Waals surface area contributed by atoms with E-state index in [1.54, 1.807) is 6.92 Å². The highest BCUT2D eigenvalue weighted by Gasteiger charge is 2.22. The van der Waals surface area contributed by atoms with Crippen LogP contribution in [-0.4, -0.2) is 26.5 Å². The van der Waals surface area contributed by atoms with Gasteiger partial charge >= 0.3 is 0 Å². The second-order valence-corrected chi connectivity index (χ2v) is 6.37. The van der Waals surface area contributed by atoms with Crippen molar-refractivity contribution in [3.05, 3.63) is 23.8 Å². The molecule has 1 rings (SSSR count). The highest BCUT2D eigenvalue weighted by molar-refractivity contribution is 7.98. The maximum atomic E-state index is 13.4. The van der Waals surface area contributed by atoms with Crippen molar-refractivity contribution < 1.29 is 17.2 Å². The third-order valence-electron chi connectivity index (χ3n) is 2.11. The lowest BCUT2D eigenvalue weighted by atomic mass is 10.3. The number of nitrogens with one attached hydrogen (secondary N) is 1. The van der Waals surface area contributed by atoms with Gasteiger partial charge < -0.3 is 5.73 Å². The van der Waals surface area contributed by atoms with E-state index in [0.717, 1.165) is 6.07 Å². The van der Waals surface area contributed by atoms with Crippen molar-refractivity contribution in [2.45, 2.75) is 17.9 Å².